The molecule has 2 heterocycles. The van der Waals surface area contributed by atoms with Crippen molar-refractivity contribution >= 4 is 67.2 Å². The SMILES string of the molecule is CCOC(=O)N1CCN(C(=O)CSCC(=O)N=c2sc3cc(Br)ccc3n2CC)CC1. The van der Waals surface area contributed by atoms with E-state index in [0.29, 0.717) is 37.6 Å². The summed E-state index contributed by atoms with van der Waals surface area (Å²) in [6.07, 6.45) is -0.339. The van der Waals surface area contributed by atoms with E-state index in [4.69, 9.17) is 4.74 Å². The van der Waals surface area contributed by atoms with Gasteiger partial charge in [-0.25, -0.2) is 4.79 Å². The van der Waals surface area contributed by atoms with E-state index in [2.05, 4.69) is 20.9 Å². The van der Waals surface area contributed by atoms with E-state index in [1.165, 1.54) is 23.1 Å². The number of hydrogen-bond donors (Lipinski definition) is 0. The molecule has 8 nitrogen and oxygen atoms in total. The first kappa shape index (κ1) is 23.8. The summed E-state index contributed by atoms with van der Waals surface area (Å²) >= 11 is 6.22. The van der Waals surface area contributed by atoms with E-state index in [9.17, 15) is 14.4 Å². The van der Waals surface area contributed by atoms with Crippen LogP contribution in [0.5, 0.6) is 0 Å². The lowest BCUT2D eigenvalue weighted by molar-refractivity contribution is -0.129. The third-order valence-electron chi connectivity index (χ3n) is 4.79. The minimum absolute atomic E-state index is 0.0309. The molecule has 31 heavy (non-hydrogen) atoms. The van der Waals surface area contributed by atoms with Crippen molar-refractivity contribution in [3.63, 3.8) is 0 Å². The maximum absolute atomic E-state index is 12.4. The number of halogens is 1. The molecule has 0 saturated carbocycles. The highest BCUT2D eigenvalue weighted by Crippen LogP contribution is 2.22. The second-order valence-electron chi connectivity index (χ2n) is 6.81. The van der Waals surface area contributed by atoms with Gasteiger partial charge in [-0.15, -0.1) is 11.8 Å². The number of rotatable bonds is 6. The number of aryl methyl sites for hydroxylation is 1. The van der Waals surface area contributed by atoms with Crippen LogP contribution in [0.15, 0.2) is 27.7 Å². The van der Waals surface area contributed by atoms with Crippen LogP contribution in [0.4, 0.5) is 4.79 Å². The quantitative estimate of drug-likeness (QED) is 0.575. The Morgan fingerprint density at radius 3 is 2.52 bits per heavy atom. The van der Waals surface area contributed by atoms with Crippen LogP contribution in [0.3, 0.4) is 0 Å². The van der Waals surface area contributed by atoms with E-state index in [-0.39, 0.29) is 29.4 Å². The van der Waals surface area contributed by atoms with Gasteiger partial charge in [-0.2, -0.15) is 4.99 Å². The van der Waals surface area contributed by atoms with Gasteiger partial charge in [0.05, 0.1) is 28.3 Å². The number of ether oxygens (including phenoxy) is 1. The summed E-state index contributed by atoms with van der Waals surface area (Å²) in [5, 5.41) is 0. The molecule has 3 rings (SSSR count). The number of piperazine rings is 1. The van der Waals surface area contributed by atoms with Gasteiger partial charge < -0.3 is 19.1 Å². The number of carbonyl (C=O) groups is 3. The van der Waals surface area contributed by atoms with E-state index in [1.54, 1.807) is 16.7 Å². The Labute approximate surface area is 197 Å². The minimum atomic E-state index is -0.339. The number of fused-ring (bicyclic) bond motifs is 1. The summed E-state index contributed by atoms with van der Waals surface area (Å²) in [4.78, 5) is 44.8. The van der Waals surface area contributed by atoms with E-state index < -0.39 is 0 Å². The summed E-state index contributed by atoms with van der Waals surface area (Å²) in [6.45, 7) is 6.72. The van der Waals surface area contributed by atoms with E-state index in [0.717, 1.165) is 21.2 Å². The lowest BCUT2D eigenvalue weighted by Gasteiger charge is -2.34. The van der Waals surface area contributed by atoms with Crippen molar-refractivity contribution in [2.45, 2.75) is 20.4 Å². The normalized spacial score (nSPS) is 14.9. The van der Waals surface area contributed by atoms with Gasteiger partial charge in [-0.3, -0.25) is 9.59 Å². The molecule has 168 valence electrons. The Morgan fingerprint density at radius 1 is 1.13 bits per heavy atom. The highest BCUT2D eigenvalue weighted by Gasteiger charge is 2.24. The molecule has 1 saturated heterocycles. The monoisotopic (exact) mass is 528 g/mol. The van der Waals surface area contributed by atoms with Crippen LogP contribution < -0.4 is 4.80 Å². The van der Waals surface area contributed by atoms with Gasteiger partial charge in [0.1, 0.15) is 0 Å². The third kappa shape index (κ3) is 6.11. The summed E-state index contributed by atoms with van der Waals surface area (Å²) in [6, 6.07) is 6.00. The van der Waals surface area contributed by atoms with Crippen molar-refractivity contribution in [2.75, 3.05) is 44.3 Å². The van der Waals surface area contributed by atoms with Crippen LogP contribution in [0.1, 0.15) is 13.8 Å². The molecule has 0 aliphatic carbocycles. The summed E-state index contributed by atoms with van der Waals surface area (Å²) in [5.74, 6) is 0.0821. The molecule has 0 unspecified atom stereocenters. The summed E-state index contributed by atoms with van der Waals surface area (Å²) in [7, 11) is 0. The maximum atomic E-state index is 12.4. The Kier molecular flexibility index (Phi) is 8.56. The standard InChI is InChI=1S/C20H25BrN4O4S2/c1-3-25-15-6-5-14(21)11-16(15)31-19(25)22-17(26)12-30-13-18(27)23-7-9-24(10-8-23)20(28)29-4-2/h5-6,11H,3-4,7-10,12-13H2,1-2H3. The van der Waals surface area contributed by atoms with Gasteiger partial charge in [0, 0.05) is 37.2 Å². The highest BCUT2D eigenvalue weighted by atomic mass is 79.9. The van der Waals surface area contributed by atoms with Crippen LogP contribution in [0.2, 0.25) is 0 Å². The minimum Gasteiger partial charge on any atom is -0.450 e. The van der Waals surface area contributed by atoms with Gasteiger partial charge in [0.15, 0.2) is 4.80 Å². The molecular weight excluding hydrogens is 504 g/mol. The predicted molar refractivity (Wildman–Crippen MR) is 126 cm³/mol. The summed E-state index contributed by atoms with van der Waals surface area (Å²) in [5.41, 5.74) is 1.05. The fourth-order valence-electron chi connectivity index (χ4n) is 3.25. The molecule has 3 amide bonds. The summed E-state index contributed by atoms with van der Waals surface area (Å²) < 4.78 is 9.05. The van der Waals surface area contributed by atoms with Crippen molar-refractivity contribution in [1.82, 2.24) is 14.4 Å². The highest BCUT2D eigenvalue weighted by molar-refractivity contribution is 9.10. The molecule has 1 aliphatic heterocycles. The van der Waals surface area contributed by atoms with Gasteiger partial charge in [-0.05, 0) is 32.0 Å². The molecule has 2 aromatic rings. The van der Waals surface area contributed by atoms with Crippen LogP contribution >= 0.6 is 39.0 Å². The van der Waals surface area contributed by atoms with Crippen LogP contribution in [-0.2, 0) is 20.9 Å². The Bertz CT molecular complexity index is 1030. The third-order valence-corrected chi connectivity index (χ3v) is 7.23. The number of hydrogen-bond acceptors (Lipinski definition) is 6. The van der Waals surface area contributed by atoms with Crippen molar-refractivity contribution in [3.05, 3.63) is 27.5 Å². The first-order valence-corrected chi connectivity index (χ1v) is 12.8. The number of thioether (sulfide) groups is 1. The zero-order valence-corrected chi connectivity index (χ0v) is 20.7. The Balaban J connectivity index is 1.51. The molecule has 0 spiro atoms. The molecule has 1 aromatic heterocycles. The molecule has 1 aromatic carbocycles. The zero-order chi connectivity index (χ0) is 22.4. The molecule has 1 aliphatic rings. The molecule has 11 heteroatoms. The number of thiazole rings is 1. The fraction of sp³-hybridized carbons (Fsp3) is 0.500. The first-order chi connectivity index (χ1) is 14.9. The lowest BCUT2D eigenvalue weighted by atomic mass is 10.3. The zero-order valence-electron chi connectivity index (χ0n) is 17.5. The molecule has 0 bridgehead atoms. The molecular formula is C20H25BrN4O4S2. The second kappa shape index (κ2) is 11.1. The number of amides is 3. The van der Waals surface area contributed by atoms with Gasteiger partial charge in [0.2, 0.25) is 5.91 Å². The number of aromatic nitrogens is 1. The average Bonchev–Trinajstić information content (AvgIpc) is 3.09. The van der Waals surface area contributed by atoms with Crippen LogP contribution in [0, 0.1) is 0 Å². The topological polar surface area (TPSA) is 84.2 Å². The molecule has 0 radical (unpaired) electrons. The molecule has 0 atom stereocenters. The Morgan fingerprint density at radius 2 is 1.84 bits per heavy atom. The fourth-order valence-corrected chi connectivity index (χ4v) is 5.61. The van der Waals surface area contributed by atoms with Crippen molar-refractivity contribution in [2.24, 2.45) is 4.99 Å². The smallest absolute Gasteiger partial charge is 0.409 e. The molecule has 1 fully saturated rings. The number of carbonyl (C=O) groups excluding carboxylic acids is 3. The van der Waals surface area contributed by atoms with Crippen LogP contribution in [0.25, 0.3) is 10.2 Å². The van der Waals surface area contributed by atoms with Crippen LogP contribution in [-0.4, -0.2) is 76.6 Å². The average molecular weight is 529 g/mol. The second-order valence-corrected chi connectivity index (χ2v) is 9.72. The first-order valence-electron chi connectivity index (χ1n) is 10.1. The van der Waals surface area contributed by atoms with Gasteiger partial charge in [-0.1, -0.05) is 27.3 Å². The molecule has 0 N–H and O–H groups in total. The van der Waals surface area contributed by atoms with Gasteiger partial charge in [0.25, 0.3) is 5.91 Å². The van der Waals surface area contributed by atoms with Gasteiger partial charge >= 0.3 is 6.09 Å². The van der Waals surface area contributed by atoms with Crippen molar-refractivity contribution in [3.8, 4) is 0 Å². The van der Waals surface area contributed by atoms with Crippen molar-refractivity contribution < 1.29 is 19.1 Å². The van der Waals surface area contributed by atoms with E-state index in [1.807, 2.05) is 29.7 Å². The maximum Gasteiger partial charge on any atom is 0.409 e. The van der Waals surface area contributed by atoms with Crippen molar-refractivity contribution in [1.29, 1.82) is 0 Å². The predicted octanol–water partition coefficient (Wildman–Crippen LogP) is 2.95. The van der Waals surface area contributed by atoms with E-state index >= 15 is 0 Å². The number of nitrogens with zero attached hydrogens (tertiary/aromatic N) is 4. The Hall–Kier alpha value is -1.85. The largest absolute Gasteiger partial charge is 0.450 e. The lowest BCUT2D eigenvalue weighted by Crippen LogP contribution is -2.51. The number of benzene rings is 1.